The third kappa shape index (κ3) is 3.45. The Hall–Kier alpha value is -2.35. The zero-order valence-electron chi connectivity index (χ0n) is 15.4. The second kappa shape index (κ2) is 7.34. The van der Waals surface area contributed by atoms with Crippen LogP contribution in [0.2, 0.25) is 0 Å². The van der Waals surface area contributed by atoms with Crippen LogP contribution in [-0.4, -0.2) is 36.1 Å². The largest absolute Gasteiger partial charge is 0.366 e. The van der Waals surface area contributed by atoms with Gasteiger partial charge in [0, 0.05) is 19.0 Å². The monoisotopic (exact) mass is 389 g/mol. The van der Waals surface area contributed by atoms with Crippen molar-refractivity contribution in [3.63, 3.8) is 0 Å². The topological polar surface area (TPSA) is 120 Å². The molecule has 0 bridgehead atoms. The molecule has 2 aliphatic rings. The zero-order chi connectivity index (χ0) is 19.8. The molecule has 2 N–H and O–H groups in total. The molecule has 27 heavy (non-hydrogen) atoms. The average Bonchev–Trinajstić information content (AvgIpc) is 3.29. The highest BCUT2D eigenvalue weighted by Crippen LogP contribution is 2.35. The van der Waals surface area contributed by atoms with Crippen LogP contribution < -0.4 is 5.73 Å². The van der Waals surface area contributed by atoms with Crippen LogP contribution in [0.3, 0.4) is 0 Å². The first-order valence-electron chi connectivity index (χ1n) is 9.11. The Balaban J connectivity index is 2.01. The van der Waals surface area contributed by atoms with Crippen molar-refractivity contribution in [2.45, 2.75) is 56.1 Å². The highest BCUT2D eigenvalue weighted by atomic mass is 32.2. The number of pyridine rings is 1. The van der Waals surface area contributed by atoms with Crippen LogP contribution in [0.1, 0.15) is 51.6 Å². The van der Waals surface area contributed by atoms with E-state index in [4.69, 9.17) is 5.73 Å². The molecule has 1 unspecified atom stereocenters. The lowest BCUT2D eigenvalue weighted by atomic mass is 9.90. The van der Waals surface area contributed by atoms with Gasteiger partial charge in [-0.3, -0.25) is 14.6 Å². The smallest absolute Gasteiger partial charge is 0.247 e. The predicted molar refractivity (Wildman–Crippen MR) is 102 cm³/mol. The lowest BCUT2D eigenvalue weighted by molar-refractivity contribution is -0.114. The number of sulfone groups is 1. The molecular formula is C19H23N3O4S. The molecule has 3 rings (SSSR count). The van der Waals surface area contributed by atoms with E-state index in [1.165, 1.54) is 25.3 Å². The van der Waals surface area contributed by atoms with Crippen molar-refractivity contribution in [2.24, 2.45) is 16.6 Å². The Morgan fingerprint density at radius 1 is 1.22 bits per heavy atom. The summed E-state index contributed by atoms with van der Waals surface area (Å²) in [6, 6.07) is 3.02. The molecule has 1 amide bonds. The standard InChI is InChI=1S/C19H23N3O4S/c1-3-14-16(19(20)24)18(22-17(14)11(2)23)15-9-8-13(10-21-15)27(25,26)12-6-4-5-7-12/h8-10,12,14H,3-7H2,1-2H3,(H2,20,24). The van der Waals surface area contributed by atoms with Crippen LogP contribution >= 0.6 is 0 Å². The van der Waals surface area contributed by atoms with Crippen molar-refractivity contribution < 1.29 is 18.0 Å². The number of hydrogen-bond acceptors (Lipinski definition) is 6. The Labute approximate surface area is 158 Å². The maximum atomic E-state index is 12.7. The van der Waals surface area contributed by atoms with E-state index in [-0.39, 0.29) is 32.9 Å². The quantitative estimate of drug-likeness (QED) is 0.798. The third-order valence-corrected chi connectivity index (χ3v) is 7.50. The first-order valence-corrected chi connectivity index (χ1v) is 10.7. The van der Waals surface area contributed by atoms with E-state index in [1.54, 1.807) is 0 Å². The number of ketones is 1. The Morgan fingerprint density at radius 2 is 1.89 bits per heavy atom. The predicted octanol–water partition coefficient (Wildman–Crippen LogP) is 2.06. The van der Waals surface area contributed by atoms with Crippen LogP contribution in [-0.2, 0) is 19.4 Å². The van der Waals surface area contributed by atoms with Gasteiger partial charge in [-0.25, -0.2) is 13.4 Å². The van der Waals surface area contributed by atoms with Crippen LogP contribution in [0.15, 0.2) is 33.8 Å². The Morgan fingerprint density at radius 3 is 2.37 bits per heavy atom. The van der Waals surface area contributed by atoms with Gasteiger partial charge in [0.15, 0.2) is 15.6 Å². The fraction of sp³-hybridized carbons (Fsp3) is 0.474. The third-order valence-electron chi connectivity index (χ3n) is 5.25. The van der Waals surface area contributed by atoms with Gasteiger partial charge in [0.2, 0.25) is 5.91 Å². The number of carbonyl (C=O) groups is 2. The molecule has 1 atom stereocenters. The van der Waals surface area contributed by atoms with Gasteiger partial charge in [-0.1, -0.05) is 19.8 Å². The highest BCUT2D eigenvalue weighted by Gasteiger charge is 2.35. The van der Waals surface area contributed by atoms with E-state index >= 15 is 0 Å². The number of aliphatic imine (C=N–C) groups is 1. The van der Waals surface area contributed by atoms with E-state index < -0.39 is 21.7 Å². The molecule has 1 aromatic heterocycles. The summed E-state index contributed by atoms with van der Waals surface area (Å²) in [6.07, 6.45) is 5.00. The highest BCUT2D eigenvalue weighted by molar-refractivity contribution is 7.92. The van der Waals surface area contributed by atoms with E-state index in [9.17, 15) is 18.0 Å². The minimum Gasteiger partial charge on any atom is -0.366 e. The average molecular weight is 389 g/mol. The molecule has 1 aromatic rings. The van der Waals surface area contributed by atoms with E-state index in [0.29, 0.717) is 25.0 Å². The summed E-state index contributed by atoms with van der Waals surface area (Å²) in [5.74, 6) is -1.34. The lowest BCUT2D eigenvalue weighted by Crippen LogP contribution is -2.26. The number of rotatable bonds is 6. The first kappa shape index (κ1) is 19.4. The number of aromatic nitrogens is 1. The number of primary amides is 1. The number of hydrogen-bond donors (Lipinski definition) is 1. The molecule has 2 heterocycles. The van der Waals surface area contributed by atoms with Crippen molar-refractivity contribution in [3.05, 3.63) is 29.6 Å². The number of nitrogens with two attached hydrogens (primary N) is 1. The van der Waals surface area contributed by atoms with E-state index in [1.807, 2.05) is 6.92 Å². The van der Waals surface area contributed by atoms with Crippen molar-refractivity contribution in [3.8, 4) is 0 Å². The van der Waals surface area contributed by atoms with Gasteiger partial charge in [0.05, 0.1) is 32.8 Å². The number of Topliss-reactive ketones (excluding diaryl/α,β-unsaturated/α-hetero) is 1. The molecule has 8 heteroatoms. The molecule has 0 saturated heterocycles. The van der Waals surface area contributed by atoms with Gasteiger partial charge in [0.1, 0.15) is 0 Å². The summed E-state index contributed by atoms with van der Waals surface area (Å²) in [5, 5.41) is -0.358. The second-order valence-corrected chi connectivity index (χ2v) is 9.20. The molecule has 144 valence electrons. The summed E-state index contributed by atoms with van der Waals surface area (Å²) in [4.78, 5) is 32.6. The summed E-state index contributed by atoms with van der Waals surface area (Å²) in [6.45, 7) is 3.24. The van der Waals surface area contributed by atoms with Crippen molar-refractivity contribution in [2.75, 3.05) is 0 Å². The minimum absolute atomic E-state index is 0.167. The minimum atomic E-state index is -3.41. The number of amides is 1. The van der Waals surface area contributed by atoms with Gasteiger partial charge in [-0.05, 0) is 31.4 Å². The van der Waals surface area contributed by atoms with Crippen molar-refractivity contribution in [1.82, 2.24) is 4.98 Å². The summed E-state index contributed by atoms with van der Waals surface area (Å²) in [5.41, 5.74) is 6.66. The SMILES string of the molecule is CCC1C(C(C)=O)=NC(c2ccc(S(=O)(=O)C3CCCC3)cn2)=C1C(N)=O. The molecule has 0 aromatic carbocycles. The normalized spacial score (nSPS) is 20.8. The zero-order valence-corrected chi connectivity index (χ0v) is 16.3. The maximum absolute atomic E-state index is 12.7. The van der Waals surface area contributed by atoms with E-state index in [2.05, 4.69) is 9.98 Å². The second-order valence-electron chi connectivity index (χ2n) is 6.97. The fourth-order valence-electron chi connectivity index (χ4n) is 3.85. The molecule has 1 aliphatic carbocycles. The van der Waals surface area contributed by atoms with Gasteiger partial charge in [0.25, 0.3) is 0 Å². The fourth-order valence-corrected chi connectivity index (χ4v) is 5.64. The molecule has 7 nitrogen and oxygen atoms in total. The van der Waals surface area contributed by atoms with Gasteiger partial charge < -0.3 is 5.73 Å². The van der Waals surface area contributed by atoms with Gasteiger partial charge >= 0.3 is 0 Å². The molecule has 1 fully saturated rings. The molecule has 0 spiro atoms. The molecular weight excluding hydrogens is 366 g/mol. The van der Waals surface area contributed by atoms with E-state index in [0.717, 1.165) is 12.8 Å². The first-order chi connectivity index (χ1) is 12.8. The lowest BCUT2D eigenvalue weighted by Gasteiger charge is -2.12. The summed E-state index contributed by atoms with van der Waals surface area (Å²) < 4.78 is 25.4. The Bertz CT molecular complexity index is 940. The van der Waals surface area contributed by atoms with Crippen LogP contribution in [0.5, 0.6) is 0 Å². The van der Waals surface area contributed by atoms with Crippen LogP contribution in [0, 0.1) is 5.92 Å². The summed E-state index contributed by atoms with van der Waals surface area (Å²) in [7, 11) is -3.41. The Kier molecular flexibility index (Phi) is 5.28. The maximum Gasteiger partial charge on any atom is 0.247 e. The molecule has 1 saturated carbocycles. The molecule has 0 radical (unpaired) electrons. The van der Waals surface area contributed by atoms with Crippen molar-refractivity contribution in [1.29, 1.82) is 0 Å². The number of carbonyl (C=O) groups excluding carboxylic acids is 2. The van der Waals surface area contributed by atoms with Gasteiger partial charge in [-0.15, -0.1) is 0 Å². The van der Waals surface area contributed by atoms with Crippen molar-refractivity contribution >= 4 is 32.9 Å². The summed E-state index contributed by atoms with van der Waals surface area (Å²) >= 11 is 0. The number of nitrogens with zero attached hydrogens (tertiary/aromatic N) is 2. The van der Waals surface area contributed by atoms with Crippen LogP contribution in [0.4, 0.5) is 0 Å². The van der Waals surface area contributed by atoms with Crippen LogP contribution in [0.25, 0.3) is 5.70 Å². The molecule has 1 aliphatic heterocycles. The van der Waals surface area contributed by atoms with Gasteiger partial charge in [-0.2, -0.15) is 0 Å².